The second-order valence-electron chi connectivity index (χ2n) is 6.71. The van der Waals surface area contributed by atoms with Crippen molar-refractivity contribution in [1.29, 1.82) is 0 Å². The van der Waals surface area contributed by atoms with Crippen molar-refractivity contribution < 1.29 is 18.3 Å². The van der Waals surface area contributed by atoms with Gasteiger partial charge in [0.1, 0.15) is 5.82 Å². The van der Waals surface area contributed by atoms with Crippen LogP contribution in [0.25, 0.3) is 11.0 Å². The van der Waals surface area contributed by atoms with Crippen molar-refractivity contribution in [2.45, 2.75) is 32.9 Å². The smallest absolute Gasteiger partial charge is 0.387 e. The van der Waals surface area contributed by atoms with Crippen molar-refractivity contribution >= 4 is 17.0 Å². The van der Waals surface area contributed by atoms with E-state index in [2.05, 4.69) is 25.6 Å². The third-order valence-electron chi connectivity index (χ3n) is 4.56. The summed E-state index contributed by atoms with van der Waals surface area (Å²) in [5, 5.41) is 6.34. The van der Waals surface area contributed by atoms with E-state index in [9.17, 15) is 8.78 Å². The average Bonchev–Trinajstić information content (AvgIpc) is 3.18. The number of rotatable bonds is 10. The molecule has 0 aliphatic carbocycles. The molecule has 2 aromatic carbocycles. The summed E-state index contributed by atoms with van der Waals surface area (Å²) in [6.07, 6.45) is 1.64. The summed E-state index contributed by atoms with van der Waals surface area (Å²) in [6, 6.07) is 13.0. The van der Waals surface area contributed by atoms with Gasteiger partial charge in [-0.1, -0.05) is 24.3 Å². The number of nitrogens with zero attached hydrogens (tertiary/aromatic N) is 2. The number of aliphatic imine (C=N–C) groups is 1. The first-order chi connectivity index (χ1) is 15.1. The van der Waals surface area contributed by atoms with Gasteiger partial charge in [0.25, 0.3) is 0 Å². The van der Waals surface area contributed by atoms with Crippen molar-refractivity contribution in [2.75, 3.05) is 20.2 Å². The van der Waals surface area contributed by atoms with Crippen LogP contribution in [0.2, 0.25) is 0 Å². The van der Waals surface area contributed by atoms with E-state index in [0.29, 0.717) is 24.7 Å². The fraction of sp³-hybridized carbons (Fsp3) is 0.364. The zero-order valence-electron chi connectivity index (χ0n) is 17.6. The minimum atomic E-state index is -2.93. The van der Waals surface area contributed by atoms with Gasteiger partial charge in [0.05, 0.1) is 17.6 Å². The first-order valence-electron chi connectivity index (χ1n) is 10.2. The second kappa shape index (κ2) is 11.1. The van der Waals surface area contributed by atoms with E-state index in [1.807, 2.05) is 24.3 Å². The number of nitrogens with one attached hydrogen (secondary N) is 3. The van der Waals surface area contributed by atoms with Crippen LogP contribution in [-0.4, -0.2) is 42.7 Å². The standard InChI is InChI=1S/C22H27F2N5O2/c1-3-30-18-11-6-8-15(20(18)31-21(23)24)14-27-22(25-2)26-13-7-12-19-28-16-9-4-5-10-17(16)29-19/h4-6,8-11,21H,3,7,12-14H2,1-2H3,(H,28,29)(H2,25,26,27). The number of fused-ring (bicyclic) bond motifs is 1. The number of alkyl halides is 2. The highest BCUT2D eigenvalue weighted by Crippen LogP contribution is 2.32. The Bertz CT molecular complexity index is 973. The van der Waals surface area contributed by atoms with Gasteiger partial charge in [0.15, 0.2) is 17.5 Å². The molecule has 0 fully saturated rings. The number of aromatic amines is 1. The minimum Gasteiger partial charge on any atom is -0.490 e. The predicted molar refractivity (Wildman–Crippen MR) is 117 cm³/mol. The number of imidazole rings is 1. The van der Waals surface area contributed by atoms with Crippen molar-refractivity contribution in [3.05, 3.63) is 53.9 Å². The van der Waals surface area contributed by atoms with Crippen molar-refractivity contribution in [3.63, 3.8) is 0 Å². The van der Waals surface area contributed by atoms with Crippen LogP contribution in [0, 0.1) is 0 Å². The number of guanidine groups is 1. The lowest BCUT2D eigenvalue weighted by molar-refractivity contribution is -0.0520. The van der Waals surface area contributed by atoms with Crippen LogP contribution in [-0.2, 0) is 13.0 Å². The highest BCUT2D eigenvalue weighted by molar-refractivity contribution is 5.79. The van der Waals surface area contributed by atoms with Gasteiger partial charge in [-0.2, -0.15) is 8.78 Å². The van der Waals surface area contributed by atoms with E-state index in [1.54, 1.807) is 32.2 Å². The molecule has 9 heteroatoms. The molecule has 3 N–H and O–H groups in total. The van der Waals surface area contributed by atoms with Gasteiger partial charge in [-0.05, 0) is 31.5 Å². The maximum atomic E-state index is 12.9. The van der Waals surface area contributed by atoms with Crippen LogP contribution in [0.5, 0.6) is 11.5 Å². The second-order valence-corrected chi connectivity index (χ2v) is 6.71. The molecule has 31 heavy (non-hydrogen) atoms. The lowest BCUT2D eigenvalue weighted by atomic mass is 10.2. The molecule has 0 radical (unpaired) electrons. The number of ether oxygens (including phenoxy) is 2. The van der Waals surface area contributed by atoms with E-state index >= 15 is 0 Å². The molecule has 0 atom stereocenters. The van der Waals surface area contributed by atoms with Gasteiger partial charge in [0, 0.05) is 32.1 Å². The number of hydrogen-bond acceptors (Lipinski definition) is 4. The molecule has 3 rings (SSSR count). The fourth-order valence-electron chi connectivity index (χ4n) is 3.18. The SMILES string of the molecule is CCOc1cccc(CNC(=NC)NCCCc2nc3ccccc3[nH]2)c1OC(F)F. The summed E-state index contributed by atoms with van der Waals surface area (Å²) in [7, 11) is 1.65. The van der Waals surface area contributed by atoms with Crippen molar-refractivity contribution in [1.82, 2.24) is 20.6 Å². The highest BCUT2D eigenvalue weighted by Gasteiger charge is 2.16. The van der Waals surface area contributed by atoms with Gasteiger partial charge in [-0.3, -0.25) is 4.99 Å². The first kappa shape index (κ1) is 22.3. The molecule has 0 spiro atoms. The largest absolute Gasteiger partial charge is 0.490 e. The van der Waals surface area contributed by atoms with Crippen LogP contribution < -0.4 is 20.1 Å². The zero-order valence-corrected chi connectivity index (χ0v) is 17.6. The van der Waals surface area contributed by atoms with Crippen LogP contribution in [0.1, 0.15) is 24.7 Å². The normalized spacial score (nSPS) is 11.7. The third-order valence-corrected chi connectivity index (χ3v) is 4.56. The fourth-order valence-corrected chi connectivity index (χ4v) is 3.18. The lowest BCUT2D eigenvalue weighted by Crippen LogP contribution is -2.37. The summed E-state index contributed by atoms with van der Waals surface area (Å²) in [5.74, 6) is 1.82. The molecule has 0 saturated heterocycles. The van der Waals surface area contributed by atoms with Crippen LogP contribution in [0.3, 0.4) is 0 Å². The van der Waals surface area contributed by atoms with E-state index in [-0.39, 0.29) is 18.0 Å². The maximum absolute atomic E-state index is 12.9. The highest BCUT2D eigenvalue weighted by atomic mass is 19.3. The van der Waals surface area contributed by atoms with Gasteiger partial charge in [0.2, 0.25) is 0 Å². The number of hydrogen-bond donors (Lipinski definition) is 3. The van der Waals surface area contributed by atoms with Crippen LogP contribution in [0.4, 0.5) is 8.78 Å². The van der Waals surface area contributed by atoms with Crippen molar-refractivity contribution in [3.8, 4) is 11.5 Å². The Morgan fingerprint density at radius 1 is 1.16 bits per heavy atom. The summed E-state index contributed by atoms with van der Waals surface area (Å²) >= 11 is 0. The molecular formula is C22H27F2N5O2. The van der Waals surface area contributed by atoms with Gasteiger partial charge in [-0.25, -0.2) is 4.98 Å². The molecule has 0 amide bonds. The molecule has 7 nitrogen and oxygen atoms in total. The predicted octanol–water partition coefficient (Wildman–Crippen LogP) is 3.86. The number of para-hydroxylation sites is 3. The summed E-state index contributed by atoms with van der Waals surface area (Å²) < 4.78 is 35.8. The topological polar surface area (TPSA) is 83.6 Å². The zero-order chi connectivity index (χ0) is 22.1. The molecular weight excluding hydrogens is 404 g/mol. The number of H-pyrrole nitrogens is 1. The van der Waals surface area contributed by atoms with Gasteiger partial charge in [-0.15, -0.1) is 0 Å². The first-order valence-corrected chi connectivity index (χ1v) is 10.2. The van der Waals surface area contributed by atoms with E-state index in [0.717, 1.165) is 29.7 Å². The van der Waals surface area contributed by atoms with Crippen LogP contribution >= 0.6 is 0 Å². The quantitative estimate of drug-likeness (QED) is 0.258. The third kappa shape index (κ3) is 6.31. The Morgan fingerprint density at radius 2 is 2.00 bits per heavy atom. The lowest BCUT2D eigenvalue weighted by Gasteiger charge is -2.17. The molecule has 0 unspecified atom stereocenters. The number of aryl methyl sites for hydroxylation is 1. The molecule has 0 aliphatic rings. The average molecular weight is 431 g/mol. The molecule has 0 saturated carbocycles. The van der Waals surface area contributed by atoms with E-state index in [1.165, 1.54) is 0 Å². The summed E-state index contributed by atoms with van der Waals surface area (Å²) in [6.45, 7) is 0.137. The van der Waals surface area contributed by atoms with Gasteiger partial charge >= 0.3 is 6.61 Å². The van der Waals surface area contributed by atoms with Crippen LogP contribution in [0.15, 0.2) is 47.5 Å². The monoisotopic (exact) mass is 431 g/mol. The Balaban J connectivity index is 1.51. The molecule has 1 heterocycles. The maximum Gasteiger partial charge on any atom is 0.387 e. The number of benzene rings is 2. The Hall–Kier alpha value is -3.36. The molecule has 0 bridgehead atoms. The van der Waals surface area contributed by atoms with Gasteiger partial charge < -0.3 is 25.1 Å². The van der Waals surface area contributed by atoms with E-state index in [4.69, 9.17) is 9.47 Å². The molecule has 166 valence electrons. The summed E-state index contributed by atoms with van der Waals surface area (Å²) in [4.78, 5) is 12.1. The minimum absolute atomic E-state index is 0.0344. The number of aromatic nitrogens is 2. The van der Waals surface area contributed by atoms with E-state index < -0.39 is 6.61 Å². The Morgan fingerprint density at radius 3 is 2.74 bits per heavy atom. The molecule has 1 aromatic heterocycles. The summed E-state index contributed by atoms with van der Waals surface area (Å²) in [5.41, 5.74) is 2.54. The molecule has 0 aliphatic heterocycles. The Kier molecular flexibility index (Phi) is 8.03. The van der Waals surface area contributed by atoms with Crippen molar-refractivity contribution in [2.24, 2.45) is 4.99 Å². The molecule has 3 aromatic rings. The number of halogens is 2. The Labute approximate surface area is 179 Å².